The molecule has 3 heteroatoms. The lowest BCUT2D eigenvalue weighted by Gasteiger charge is -2.38. The van der Waals surface area contributed by atoms with Crippen molar-refractivity contribution in [1.29, 1.82) is 0 Å². The van der Waals surface area contributed by atoms with Crippen LogP contribution in [0.15, 0.2) is 152 Å². The first-order valence-electron chi connectivity index (χ1n) is 17.2. The molecule has 0 amide bonds. The second kappa shape index (κ2) is 11.2. The van der Waals surface area contributed by atoms with Gasteiger partial charge in [0.05, 0.1) is 17.3 Å². The highest BCUT2D eigenvalue weighted by atomic mass is 19.1. The number of rotatable bonds is 5. The summed E-state index contributed by atoms with van der Waals surface area (Å²) in [6.07, 6.45) is 4.60. The lowest BCUT2D eigenvalue weighted by molar-refractivity contribution is 0.624. The Morgan fingerprint density at radius 1 is 0.633 bits per heavy atom. The Morgan fingerprint density at radius 2 is 1.27 bits per heavy atom. The van der Waals surface area contributed by atoms with Crippen molar-refractivity contribution in [3.8, 4) is 27.9 Å². The summed E-state index contributed by atoms with van der Waals surface area (Å²) in [4.78, 5) is 2.37. The molecule has 2 atom stereocenters. The van der Waals surface area contributed by atoms with Gasteiger partial charge in [0.25, 0.3) is 0 Å². The molecule has 49 heavy (non-hydrogen) atoms. The molecule has 2 unspecified atom stereocenters. The van der Waals surface area contributed by atoms with E-state index < -0.39 is 0 Å². The van der Waals surface area contributed by atoms with E-state index in [4.69, 9.17) is 0 Å². The molecular formula is C46H37FN2. The maximum atomic E-state index is 14.2. The van der Waals surface area contributed by atoms with E-state index >= 15 is 0 Å². The van der Waals surface area contributed by atoms with E-state index in [1.807, 2.05) is 12.1 Å². The average molecular weight is 637 g/mol. The quantitative estimate of drug-likeness (QED) is 0.182. The zero-order chi connectivity index (χ0) is 33.3. The first kappa shape index (κ1) is 29.5. The van der Waals surface area contributed by atoms with Gasteiger partial charge in [-0.3, -0.25) is 0 Å². The molecule has 7 aromatic rings. The zero-order valence-corrected chi connectivity index (χ0v) is 27.9. The summed E-state index contributed by atoms with van der Waals surface area (Å²) in [6, 6.07) is 50.8. The SMILES string of the molecule is CC1c2c(n(-c3ccccc3)c3ccccc23)C=CC1N(c1ccc(F)cc1)c1ccc(-c2ccc3c(c2)C(C)(C)c2ccccc2-3)cc1. The van der Waals surface area contributed by atoms with Crippen LogP contribution in [0.1, 0.15) is 49.1 Å². The van der Waals surface area contributed by atoms with Gasteiger partial charge in [-0.15, -0.1) is 0 Å². The number of aromatic nitrogens is 1. The monoisotopic (exact) mass is 636 g/mol. The summed E-state index contributed by atoms with van der Waals surface area (Å²) < 4.78 is 16.6. The molecule has 0 aliphatic heterocycles. The van der Waals surface area contributed by atoms with E-state index in [-0.39, 0.29) is 23.2 Å². The summed E-state index contributed by atoms with van der Waals surface area (Å²) in [7, 11) is 0. The summed E-state index contributed by atoms with van der Waals surface area (Å²) in [5.74, 6) is -0.0821. The van der Waals surface area contributed by atoms with Crippen molar-refractivity contribution in [1.82, 2.24) is 4.57 Å². The fraction of sp³-hybridized carbons (Fsp3) is 0.130. The van der Waals surface area contributed by atoms with Crippen molar-refractivity contribution in [2.45, 2.75) is 38.1 Å². The molecule has 238 valence electrons. The molecule has 0 saturated carbocycles. The van der Waals surface area contributed by atoms with Gasteiger partial charge in [-0.2, -0.15) is 0 Å². The molecule has 1 aromatic heterocycles. The van der Waals surface area contributed by atoms with Crippen molar-refractivity contribution in [3.63, 3.8) is 0 Å². The van der Waals surface area contributed by atoms with Gasteiger partial charge in [0.15, 0.2) is 0 Å². The standard InChI is InChI=1S/C46H37FN2/c1-30-42(27-28-44-45(30)39-14-8-10-16-43(39)49(44)34-11-5-4-6-12-34)48(36-24-20-33(47)21-25-36)35-22-17-31(18-23-35)32-19-26-38-37-13-7-9-15-40(37)46(2,3)41(38)29-32/h4-30,42H,1-3H3. The van der Waals surface area contributed by atoms with Crippen LogP contribution in [0.25, 0.3) is 44.9 Å². The van der Waals surface area contributed by atoms with E-state index in [0.717, 1.165) is 17.1 Å². The molecule has 9 rings (SSSR count). The zero-order valence-electron chi connectivity index (χ0n) is 27.9. The highest BCUT2D eigenvalue weighted by Crippen LogP contribution is 2.50. The van der Waals surface area contributed by atoms with E-state index in [0.29, 0.717) is 0 Å². The number of benzene rings is 6. The van der Waals surface area contributed by atoms with E-state index in [1.165, 1.54) is 55.5 Å². The van der Waals surface area contributed by atoms with Crippen molar-refractivity contribution in [3.05, 3.63) is 180 Å². The van der Waals surface area contributed by atoms with Crippen LogP contribution in [-0.4, -0.2) is 10.6 Å². The third kappa shape index (κ3) is 4.60. The predicted octanol–water partition coefficient (Wildman–Crippen LogP) is 12.1. The fourth-order valence-corrected chi connectivity index (χ4v) is 8.41. The first-order valence-corrected chi connectivity index (χ1v) is 17.2. The topological polar surface area (TPSA) is 8.17 Å². The van der Waals surface area contributed by atoms with Crippen LogP contribution in [0.4, 0.5) is 15.8 Å². The van der Waals surface area contributed by atoms with Gasteiger partial charge in [-0.25, -0.2) is 4.39 Å². The summed E-state index contributed by atoms with van der Waals surface area (Å²) >= 11 is 0. The third-order valence-corrected chi connectivity index (χ3v) is 10.9. The van der Waals surface area contributed by atoms with Crippen molar-refractivity contribution < 1.29 is 4.39 Å². The van der Waals surface area contributed by atoms with Crippen LogP contribution < -0.4 is 4.90 Å². The first-order chi connectivity index (χ1) is 23.9. The third-order valence-electron chi connectivity index (χ3n) is 10.9. The minimum Gasteiger partial charge on any atom is -0.334 e. The number of hydrogen-bond donors (Lipinski definition) is 0. The fourth-order valence-electron chi connectivity index (χ4n) is 8.41. The number of anilines is 2. The number of hydrogen-bond acceptors (Lipinski definition) is 1. The Bertz CT molecular complexity index is 2380. The molecule has 0 N–H and O–H groups in total. The Balaban J connectivity index is 1.12. The van der Waals surface area contributed by atoms with E-state index in [1.54, 1.807) is 12.1 Å². The normalized spacial score (nSPS) is 17.1. The highest BCUT2D eigenvalue weighted by Gasteiger charge is 2.36. The lowest BCUT2D eigenvalue weighted by Crippen LogP contribution is -2.35. The Kier molecular flexibility index (Phi) is 6.74. The minimum absolute atomic E-state index is 0.0122. The molecule has 0 spiro atoms. The van der Waals surface area contributed by atoms with Crippen molar-refractivity contribution in [2.24, 2.45) is 0 Å². The van der Waals surface area contributed by atoms with E-state index in [9.17, 15) is 4.39 Å². The maximum Gasteiger partial charge on any atom is 0.123 e. The molecular weight excluding hydrogens is 600 g/mol. The Morgan fingerprint density at radius 3 is 2.04 bits per heavy atom. The molecule has 0 bridgehead atoms. The molecule has 0 radical (unpaired) electrons. The van der Waals surface area contributed by atoms with Gasteiger partial charge < -0.3 is 9.47 Å². The smallest absolute Gasteiger partial charge is 0.123 e. The number of fused-ring (bicyclic) bond motifs is 6. The lowest BCUT2D eigenvalue weighted by atomic mass is 9.81. The summed E-state index contributed by atoms with van der Waals surface area (Å²) in [5.41, 5.74) is 14.7. The van der Waals surface area contributed by atoms with Gasteiger partial charge in [-0.1, -0.05) is 112 Å². The van der Waals surface area contributed by atoms with Crippen LogP contribution in [0, 0.1) is 5.82 Å². The van der Waals surface area contributed by atoms with Crippen LogP contribution in [0.2, 0.25) is 0 Å². The molecule has 2 aliphatic carbocycles. The summed E-state index contributed by atoms with van der Waals surface area (Å²) in [5, 5.41) is 1.26. The van der Waals surface area contributed by atoms with E-state index in [2.05, 4.69) is 164 Å². The number of nitrogens with zero attached hydrogens (tertiary/aromatic N) is 2. The number of para-hydroxylation sites is 2. The van der Waals surface area contributed by atoms with Crippen LogP contribution in [0.3, 0.4) is 0 Å². The predicted molar refractivity (Wildman–Crippen MR) is 202 cm³/mol. The van der Waals surface area contributed by atoms with Crippen molar-refractivity contribution >= 4 is 28.4 Å². The molecule has 2 aliphatic rings. The summed E-state index contributed by atoms with van der Waals surface area (Å²) in [6.45, 7) is 6.98. The van der Waals surface area contributed by atoms with Gasteiger partial charge >= 0.3 is 0 Å². The van der Waals surface area contributed by atoms with Gasteiger partial charge in [0, 0.05) is 33.8 Å². The van der Waals surface area contributed by atoms with Crippen LogP contribution in [0.5, 0.6) is 0 Å². The minimum atomic E-state index is -0.235. The van der Waals surface area contributed by atoms with Gasteiger partial charge in [0.2, 0.25) is 0 Å². The van der Waals surface area contributed by atoms with Crippen molar-refractivity contribution in [2.75, 3.05) is 4.90 Å². The highest BCUT2D eigenvalue weighted by molar-refractivity contribution is 5.92. The Labute approximate surface area is 287 Å². The largest absolute Gasteiger partial charge is 0.334 e. The molecule has 0 saturated heterocycles. The van der Waals surface area contributed by atoms with Crippen LogP contribution >= 0.6 is 0 Å². The molecule has 0 fully saturated rings. The number of halogens is 1. The molecule has 2 nitrogen and oxygen atoms in total. The van der Waals surface area contributed by atoms with Crippen LogP contribution in [-0.2, 0) is 5.41 Å². The second-order valence-electron chi connectivity index (χ2n) is 13.9. The van der Waals surface area contributed by atoms with Gasteiger partial charge in [0.1, 0.15) is 5.82 Å². The average Bonchev–Trinajstić information content (AvgIpc) is 3.60. The second-order valence-corrected chi connectivity index (χ2v) is 13.9. The Hall–Kier alpha value is -5.67. The molecule has 1 heterocycles. The van der Waals surface area contributed by atoms with Gasteiger partial charge in [-0.05, 0) is 106 Å². The molecule has 6 aromatic carbocycles. The maximum absolute atomic E-state index is 14.2.